The number of nitrogens with one attached hydrogen (secondary N) is 1. The molecular formula is C18H18ClN3O3. The van der Waals surface area contributed by atoms with Gasteiger partial charge in [0.2, 0.25) is 5.91 Å². The van der Waals surface area contributed by atoms with Gasteiger partial charge in [-0.1, -0.05) is 29.8 Å². The van der Waals surface area contributed by atoms with Gasteiger partial charge in [-0.3, -0.25) is 14.9 Å². The number of carbonyl (C=O) groups is 1. The van der Waals surface area contributed by atoms with Gasteiger partial charge in [0.1, 0.15) is 0 Å². The van der Waals surface area contributed by atoms with E-state index in [9.17, 15) is 14.9 Å². The molecule has 3 rings (SSSR count). The summed E-state index contributed by atoms with van der Waals surface area (Å²) in [5.74, 6) is -0.0634. The summed E-state index contributed by atoms with van der Waals surface area (Å²) in [5, 5.41) is 14.7. The van der Waals surface area contributed by atoms with E-state index >= 15 is 0 Å². The number of benzene rings is 2. The lowest BCUT2D eigenvalue weighted by Crippen LogP contribution is -2.38. The molecule has 0 aromatic heterocycles. The third-order valence-corrected chi connectivity index (χ3v) is 4.75. The zero-order chi connectivity index (χ0) is 18.0. The molecule has 0 saturated heterocycles. The number of anilines is 1. The van der Waals surface area contributed by atoms with E-state index in [1.165, 1.54) is 6.07 Å². The molecule has 1 heterocycles. The van der Waals surface area contributed by atoms with Crippen molar-refractivity contribution >= 4 is 28.9 Å². The van der Waals surface area contributed by atoms with Gasteiger partial charge in [0.05, 0.1) is 11.5 Å². The highest BCUT2D eigenvalue weighted by Crippen LogP contribution is 2.31. The minimum atomic E-state index is -0.419. The first kappa shape index (κ1) is 17.4. The molecule has 1 aliphatic heterocycles. The molecule has 0 aliphatic carbocycles. The monoisotopic (exact) mass is 359 g/mol. The van der Waals surface area contributed by atoms with Crippen LogP contribution in [0.25, 0.3) is 0 Å². The van der Waals surface area contributed by atoms with E-state index in [2.05, 4.69) is 5.32 Å². The molecule has 0 unspecified atom stereocenters. The molecule has 130 valence electrons. The molecule has 0 spiro atoms. The first-order chi connectivity index (χ1) is 12.0. The summed E-state index contributed by atoms with van der Waals surface area (Å²) in [6.45, 7) is 2.66. The van der Waals surface area contributed by atoms with Crippen molar-refractivity contribution in [3.8, 4) is 0 Å². The van der Waals surface area contributed by atoms with E-state index in [0.717, 1.165) is 16.8 Å². The average molecular weight is 360 g/mol. The molecule has 1 aliphatic rings. The first-order valence-corrected chi connectivity index (χ1v) is 8.40. The maximum Gasteiger partial charge on any atom is 0.269 e. The number of nitrogens with zero attached hydrogens (tertiary/aromatic N) is 2. The molecular weight excluding hydrogens is 342 g/mol. The molecule has 1 atom stereocenters. The Labute approximate surface area is 150 Å². The Hall–Kier alpha value is -2.44. The van der Waals surface area contributed by atoms with Crippen LogP contribution in [0.1, 0.15) is 24.1 Å². The lowest BCUT2D eigenvalue weighted by Gasteiger charge is -2.20. The van der Waals surface area contributed by atoms with Crippen LogP contribution in [0.5, 0.6) is 0 Å². The lowest BCUT2D eigenvalue weighted by atomic mass is 10.1. The normalized spacial score (nSPS) is 14.2. The molecule has 25 heavy (non-hydrogen) atoms. The number of rotatable bonds is 5. The van der Waals surface area contributed by atoms with Gasteiger partial charge < -0.3 is 10.2 Å². The second-order valence-corrected chi connectivity index (χ2v) is 6.40. The summed E-state index contributed by atoms with van der Waals surface area (Å²) >= 11 is 6.18. The van der Waals surface area contributed by atoms with Gasteiger partial charge in [0, 0.05) is 35.4 Å². The molecule has 0 bridgehead atoms. The minimum absolute atomic E-state index is 0.0542. The summed E-state index contributed by atoms with van der Waals surface area (Å²) < 4.78 is 0. The average Bonchev–Trinajstić information content (AvgIpc) is 3.03. The van der Waals surface area contributed by atoms with E-state index in [-0.39, 0.29) is 24.2 Å². The van der Waals surface area contributed by atoms with E-state index in [4.69, 9.17) is 11.6 Å². The summed E-state index contributed by atoms with van der Waals surface area (Å²) in [6, 6.07) is 12.1. The van der Waals surface area contributed by atoms with Gasteiger partial charge >= 0.3 is 0 Å². The number of halogens is 1. The maximum atomic E-state index is 12.5. The fourth-order valence-corrected chi connectivity index (χ4v) is 3.33. The van der Waals surface area contributed by atoms with Crippen LogP contribution in [0.2, 0.25) is 5.02 Å². The van der Waals surface area contributed by atoms with Crippen LogP contribution in [0.4, 0.5) is 11.4 Å². The molecule has 0 radical (unpaired) electrons. The highest BCUT2D eigenvalue weighted by molar-refractivity contribution is 6.31. The fraction of sp³-hybridized carbons (Fsp3) is 0.278. The van der Waals surface area contributed by atoms with Crippen molar-refractivity contribution in [2.75, 3.05) is 18.0 Å². The van der Waals surface area contributed by atoms with Gasteiger partial charge in [-0.15, -0.1) is 0 Å². The molecule has 1 amide bonds. The SMILES string of the molecule is C[C@@H](NCC(=O)N1CCc2cc([N+](=O)[O-])ccc21)c1ccccc1Cl. The molecule has 1 N–H and O–H groups in total. The van der Waals surface area contributed by atoms with E-state index in [0.29, 0.717) is 18.0 Å². The summed E-state index contributed by atoms with van der Waals surface area (Å²) in [7, 11) is 0. The van der Waals surface area contributed by atoms with Crippen molar-refractivity contribution in [2.24, 2.45) is 0 Å². The number of nitro benzene ring substituents is 1. The Morgan fingerprint density at radius 3 is 2.84 bits per heavy atom. The molecule has 0 fully saturated rings. The summed E-state index contributed by atoms with van der Waals surface area (Å²) in [6.07, 6.45) is 0.628. The van der Waals surface area contributed by atoms with Crippen LogP contribution in [0.3, 0.4) is 0 Å². The Morgan fingerprint density at radius 2 is 2.12 bits per heavy atom. The lowest BCUT2D eigenvalue weighted by molar-refractivity contribution is -0.384. The van der Waals surface area contributed by atoms with Gasteiger partial charge in [-0.05, 0) is 36.6 Å². The van der Waals surface area contributed by atoms with Gasteiger partial charge in [-0.25, -0.2) is 0 Å². The zero-order valence-corrected chi connectivity index (χ0v) is 14.5. The second kappa shape index (κ2) is 7.21. The van der Waals surface area contributed by atoms with Crippen LogP contribution >= 0.6 is 11.6 Å². The number of non-ortho nitro benzene ring substituents is 1. The topological polar surface area (TPSA) is 75.5 Å². The van der Waals surface area contributed by atoms with Crippen LogP contribution < -0.4 is 10.2 Å². The minimum Gasteiger partial charge on any atom is -0.311 e. The second-order valence-electron chi connectivity index (χ2n) is 5.99. The fourth-order valence-electron chi connectivity index (χ4n) is 3.03. The van der Waals surface area contributed by atoms with Crippen LogP contribution in [0.15, 0.2) is 42.5 Å². The largest absolute Gasteiger partial charge is 0.311 e. The van der Waals surface area contributed by atoms with E-state index in [1.807, 2.05) is 31.2 Å². The van der Waals surface area contributed by atoms with E-state index < -0.39 is 4.92 Å². The van der Waals surface area contributed by atoms with Crippen LogP contribution in [-0.4, -0.2) is 23.9 Å². The quantitative estimate of drug-likeness (QED) is 0.655. The Kier molecular flexibility index (Phi) is 5.01. The van der Waals surface area contributed by atoms with Crippen molar-refractivity contribution in [3.63, 3.8) is 0 Å². The molecule has 7 heteroatoms. The molecule has 2 aromatic carbocycles. The van der Waals surface area contributed by atoms with Crippen molar-refractivity contribution in [2.45, 2.75) is 19.4 Å². The molecule has 0 saturated carbocycles. The summed E-state index contributed by atoms with van der Waals surface area (Å²) in [4.78, 5) is 24.7. The van der Waals surface area contributed by atoms with Crippen molar-refractivity contribution in [1.29, 1.82) is 0 Å². The van der Waals surface area contributed by atoms with E-state index in [1.54, 1.807) is 17.0 Å². The smallest absolute Gasteiger partial charge is 0.269 e. The maximum absolute atomic E-state index is 12.5. The van der Waals surface area contributed by atoms with Crippen molar-refractivity contribution < 1.29 is 9.72 Å². The predicted octanol–water partition coefficient (Wildman–Crippen LogP) is 3.49. The van der Waals surface area contributed by atoms with Gasteiger partial charge in [0.15, 0.2) is 0 Å². The Morgan fingerprint density at radius 1 is 1.36 bits per heavy atom. The number of nitro groups is 1. The third-order valence-electron chi connectivity index (χ3n) is 4.40. The number of hydrogen-bond donors (Lipinski definition) is 1. The van der Waals surface area contributed by atoms with Crippen LogP contribution in [0, 0.1) is 10.1 Å². The summed E-state index contributed by atoms with van der Waals surface area (Å²) in [5.41, 5.74) is 2.58. The third kappa shape index (κ3) is 3.65. The molecule has 6 nitrogen and oxygen atoms in total. The van der Waals surface area contributed by atoms with Crippen molar-refractivity contribution in [1.82, 2.24) is 5.32 Å². The van der Waals surface area contributed by atoms with Gasteiger partial charge in [0.25, 0.3) is 5.69 Å². The van der Waals surface area contributed by atoms with Crippen molar-refractivity contribution in [3.05, 3.63) is 68.7 Å². The highest BCUT2D eigenvalue weighted by atomic mass is 35.5. The zero-order valence-electron chi connectivity index (χ0n) is 13.7. The standard InChI is InChI=1S/C18H18ClN3O3/c1-12(15-4-2-3-5-16(15)19)20-11-18(23)21-9-8-13-10-14(22(24)25)6-7-17(13)21/h2-7,10,12,20H,8-9,11H2,1H3/t12-/m1/s1. The highest BCUT2D eigenvalue weighted by Gasteiger charge is 2.26. The van der Waals surface area contributed by atoms with Gasteiger partial charge in [-0.2, -0.15) is 0 Å². The Balaban J connectivity index is 1.66. The number of carbonyl (C=O) groups excluding carboxylic acids is 1. The first-order valence-electron chi connectivity index (χ1n) is 8.03. The molecule has 2 aromatic rings. The predicted molar refractivity (Wildman–Crippen MR) is 97.0 cm³/mol. The number of amides is 1. The number of hydrogen-bond acceptors (Lipinski definition) is 4. The van der Waals surface area contributed by atoms with Crippen LogP contribution in [-0.2, 0) is 11.2 Å². The Bertz CT molecular complexity index is 825. The number of fused-ring (bicyclic) bond motifs is 1.